The molecule has 34 heavy (non-hydrogen) atoms. The summed E-state index contributed by atoms with van der Waals surface area (Å²) in [4.78, 5) is 31.7. The molecule has 1 N–H and O–H groups in total. The zero-order valence-corrected chi connectivity index (χ0v) is 21.1. The highest BCUT2D eigenvalue weighted by atomic mass is 16.5. The van der Waals surface area contributed by atoms with E-state index in [1.165, 1.54) is 38.8 Å². The summed E-state index contributed by atoms with van der Waals surface area (Å²) in [6.07, 6.45) is 10.5. The number of piperidine rings is 2. The van der Waals surface area contributed by atoms with Gasteiger partial charge in [-0.25, -0.2) is 0 Å². The number of hydrogen-bond acceptors (Lipinski definition) is 5. The van der Waals surface area contributed by atoms with Gasteiger partial charge in [-0.2, -0.15) is 0 Å². The molecule has 7 nitrogen and oxygen atoms in total. The fraction of sp³-hybridized carbons (Fsp3) is 0.704. The maximum Gasteiger partial charge on any atom is 0.250 e. The number of anilines is 1. The molecule has 3 aliphatic rings. The largest absolute Gasteiger partial charge is 0.497 e. The third kappa shape index (κ3) is 5.19. The van der Waals surface area contributed by atoms with Crippen LogP contribution in [-0.4, -0.2) is 67.0 Å². The minimum atomic E-state index is -0.808. The topological polar surface area (TPSA) is 71.1 Å². The Hall–Kier alpha value is -2.28. The van der Waals surface area contributed by atoms with Crippen molar-refractivity contribution in [1.82, 2.24) is 9.80 Å². The number of amides is 2. The van der Waals surface area contributed by atoms with Crippen LogP contribution in [-0.2, 0) is 9.59 Å². The molecule has 1 unspecified atom stereocenters. The fourth-order valence-corrected chi connectivity index (χ4v) is 6.51. The molecule has 2 heterocycles. The number of methoxy groups -OCH3 is 2. The van der Waals surface area contributed by atoms with Gasteiger partial charge in [0.1, 0.15) is 17.0 Å². The Morgan fingerprint density at radius 3 is 2.29 bits per heavy atom. The van der Waals surface area contributed by atoms with Crippen LogP contribution in [0.2, 0.25) is 0 Å². The van der Waals surface area contributed by atoms with Gasteiger partial charge < -0.3 is 24.6 Å². The summed E-state index contributed by atoms with van der Waals surface area (Å²) in [6.45, 7) is 4.65. The fourth-order valence-electron chi connectivity index (χ4n) is 6.51. The van der Waals surface area contributed by atoms with Crippen molar-refractivity contribution < 1.29 is 19.1 Å². The van der Waals surface area contributed by atoms with E-state index in [4.69, 9.17) is 9.47 Å². The van der Waals surface area contributed by atoms with Crippen LogP contribution in [0.15, 0.2) is 18.2 Å². The summed E-state index contributed by atoms with van der Waals surface area (Å²) in [7, 11) is 3.19. The Balaban J connectivity index is 1.60. The van der Waals surface area contributed by atoms with Crippen molar-refractivity contribution in [2.24, 2.45) is 5.92 Å². The molecule has 1 aromatic carbocycles. The molecule has 188 valence electrons. The Morgan fingerprint density at radius 1 is 0.971 bits per heavy atom. The Bertz CT molecular complexity index is 843. The first-order valence-electron chi connectivity index (χ1n) is 13.0. The first kappa shape index (κ1) is 24.8. The van der Waals surface area contributed by atoms with Gasteiger partial charge >= 0.3 is 0 Å². The van der Waals surface area contributed by atoms with Crippen molar-refractivity contribution >= 4 is 17.5 Å². The molecule has 2 saturated heterocycles. The second-order valence-corrected chi connectivity index (χ2v) is 10.3. The van der Waals surface area contributed by atoms with Gasteiger partial charge in [0.15, 0.2) is 0 Å². The molecule has 0 bridgehead atoms. The number of nitrogens with zero attached hydrogens (tertiary/aromatic N) is 2. The number of fused-ring (bicyclic) bond motifs is 1. The van der Waals surface area contributed by atoms with Gasteiger partial charge in [-0.15, -0.1) is 0 Å². The molecule has 1 saturated carbocycles. The highest BCUT2D eigenvalue weighted by molar-refractivity contribution is 6.00. The Labute approximate surface area is 204 Å². The smallest absolute Gasteiger partial charge is 0.250 e. The lowest BCUT2D eigenvalue weighted by Gasteiger charge is -2.50. The molecule has 2 atom stereocenters. The monoisotopic (exact) mass is 471 g/mol. The zero-order valence-electron chi connectivity index (χ0n) is 21.1. The standard InChI is InChI=1S/C27H41N3O4/c1-20(31)30(19-21-10-9-15-29-14-8-5-11-25(21)29)27(12-6-4-7-13-27)26(32)28-22-16-23(33-2)18-24(17-22)34-3/h16-18,21,25H,4-15,19H2,1-3H3,(H,28,32)/t21?,25-/m1/s1. The summed E-state index contributed by atoms with van der Waals surface area (Å²) >= 11 is 0. The van der Waals surface area contributed by atoms with Crippen molar-refractivity contribution in [2.45, 2.75) is 82.7 Å². The summed E-state index contributed by atoms with van der Waals surface area (Å²) in [6, 6.07) is 5.93. The quantitative estimate of drug-likeness (QED) is 0.636. The van der Waals surface area contributed by atoms with Gasteiger partial charge in [0.05, 0.1) is 14.2 Å². The van der Waals surface area contributed by atoms with Crippen LogP contribution in [0.3, 0.4) is 0 Å². The zero-order chi connectivity index (χ0) is 24.1. The summed E-state index contributed by atoms with van der Waals surface area (Å²) in [5.41, 5.74) is -0.178. The van der Waals surface area contributed by atoms with E-state index in [-0.39, 0.29) is 11.8 Å². The van der Waals surface area contributed by atoms with E-state index in [0.29, 0.717) is 48.5 Å². The Morgan fingerprint density at radius 2 is 1.65 bits per heavy atom. The van der Waals surface area contributed by atoms with E-state index < -0.39 is 5.54 Å². The molecule has 1 aliphatic carbocycles. The van der Waals surface area contributed by atoms with E-state index in [9.17, 15) is 9.59 Å². The van der Waals surface area contributed by atoms with Crippen molar-refractivity contribution in [3.8, 4) is 11.5 Å². The van der Waals surface area contributed by atoms with Crippen molar-refractivity contribution in [2.75, 3.05) is 39.2 Å². The normalized spacial score (nSPS) is 24.6. The van der Waals surface area contributed by atoms with Gasteiger partial charge in [0.25, 0.3) is 0 Å². The number of carbonyl (C=O) groups is 2. The summed E-state index contributed by atoms with van der Waals surface area (Å²) in [5, 5.41) is 3.13. The third-order valence-electron chi connectivity index (χ3n) is 8.26. The SMILES string of the molecule is COc1cc(NC(=O)C2(N(CC3CCCN4CCCC[C@H]34)C(C)=O)CCCCC2)cc(OC)c1. The minimum absolute atomic E-state index is 0.00760. The number of hydrogen-bond donors (Lipinski definition) is 1. The lowest BCUT2D eigenvalue weighted by Crippen LogP contribution is -2.62. The number of carbonyl (C=O) groups excluding carboxylic acids is 2. The van der Waals surface area contributed by atoms with Crippen LogP contribution >= 0.6 is 0 Å². The van der Waals surface area contributed by atoms with Gasteiger partial charge in [-0.1, -0.05) is 25.7 Å². The van der Waals surface area contributed by atoms with Crippen LogP contribution in [0.5, 0.6) is 11.5 Å². The lowest BCUT2D eigenvalue weighted by molar-refractivity contribution is -0.148. The molecule has 2 amide bonds. The van der Waals surface area contributed by atoms with Gasteiger partial charge in [0, 0.05) is 43.4 Å². The molecule has 3 fully saturated rings. The minimum Gasteiger partial charge on any atom is -0.497 e. The number of benzene rings is 1. The first-order valence-corrected chi connectivity index (χ1v) is 13.0. The van der Waals surface area contributed by atoms with Gasteiger partial charge in [0.2, 0.25) is 11.8 Å². The summed E-state index contributed by atoms with van der Waals surface area (Å²) < 4.78 is 10.8. The van der Waals surface area contributed by atoms with Crippen LogP contribution in [0.25, 0.3) is 0 Å². The van der Waals surface area contributed by atoms with Gasteiger partial charge in [-0.05, 0) is 57.5 Å². The van der Waals surface area contributed by atoms with E-state index in [1.807, 2.05) is 4.90 Å². The highest BCUT2D eigenvalue weighted by Crippen LogP contribution is 2.39. The number of nitrogens with one attached hydrogen (secondary N) is 1. The molecular weight excluding hydrogens is 430 g/mol. The van der Waals surface area contributed by atoms with Crippen LogP contribution in [0.1, 0.15) is 71.1 Å². The molecule has 0 aromatic heterocycles. The summed E-state index contributed by atoms with van der Waals surface area (Å²) in [5.74, 6) is 1.59. The molecule has 0 spiro atoms. The molecular formula is C27H41N3O4. The van der Waals surface area contributed by atoms with Crippen LogP contribution in [0.4, 0.5) is 5.69 Å². The van der Waals surface area contributed by atoms with Crippen molar-refractivity contribution in [3.63, 3.8) is 0 Å². The second-order valence-electron chi connectivity index (χ2n) is 10.3. The van der Waals surface area contributed by atoms with E-state index in [1.54, 1.807) is 39.3 Å². The van der Waals surface area contributed by atoms with E-state index in [2.05, 4.69) is 10.2 Å². The number of rotatable bonds is 7. The second kappa shape index (κ2) is 11.0. The highest BCUT2D eigenvalue weighted by Gasteiger charge is 2.48. The maximum atomic E-state index is 14.0. The van der Waals surface area contributed by atoms with E-state index >= 15 is 0 Å². The van der Waals surface area contributed by atoms with Gasteiger partial charge in [-0.3, -0.25) is 9.59 Å². The van der Waals surface area contributed by atoms with Crippen molar-refractivity contribution in [3.05, 3.63) is 18.2 Å². The predicted octanol–water partition coefficient (Wildman–Crippen LogP) is 4.46. The molecule has 2 aliphatic heterocycles. The van der Waals surface area contributed by atoms with Crippen molar-refractivity contribution in [1.29, 1.82) is 0 Å². The molecule has 4 rings (SSSR count). The maximum absolute atomic E-state index is 14.0. The van der Waals surface area contributed by atoms with Crippen LogP contribution in [0, 0.1) is 5.92 Å². The lowest BCUT2D eigenvalue weighted by atomic mass is 9.77. The van der Waals surface area contributed by atoms with E-state index in [0.717, 1.165) is 25.7 Å². The molecule has 1 aromatic rings. The predicted molar refractivity (Wildman–Crippen MR) is 133 cm³/mol. The average molecular weight is 472 g/mol. The average Bonchev–Trinajstić information content (AvgIpc) is 2.87. The number of ether oxygens (including phenoxy) is 2. The third-order valence-corrected chi connectivity index (χ3v) is 8.26. The first-order chi connectivity index (χ1) is 16.5. The Kier molecular flexibility index (Phi) is 8.02. The van der Waals surface area contributed by atoms with Crippen LogP contribution < -0.4 is 14.8 Å². The molecule has 7 heteroatoms. The molecule has 0 radical (unpaired) electrons.